The Balaban J connectivity index is -0.0000000450. The van der Waals surface area contributed by atoms with Crippen molar-refractivity contribution in [1.29, 1.82) is 0 Å². The van der Waals surface area contributed by atoms with Gasteiger partial charge in [-0.15, -0.1) is 11.4 Å². The van der Waals surface area contributed by atoms with Gasteiger partial charge in [0.25, 0.3) is 0 Å². The number of hydrogen-bond acceptors (Lipinski definition) is 3. The first-order chi connectivity index (χ1) is 1.73. The van der Waals surface area contributed by atoms with E-state index in [-0.39, 0.29) is 42.0 Å². The molecule has 0 saturated heterocycles. The monoisotopic (exact) mass is 140 g/mol. The van der Waals surface area contributed by atoms with E-state index in [2.05, 4.69) is 0 Å². The Hall–Kier alpha value is 1.36. The minimum Gasteiger partial charge on any atom is -0.784 e. The van der Waals surface area contributed by atoms with Crippen LogP contribution < -0.4 is 29.6 Å². The second-order valence-electron chi connectivity index (χ2n) is 0.204. The Bertz CT molecular complexity index is 33.8. The fourth-order valence-electron chi connectivity index (χ4n) is 0. The predicted octanol–water partition coefficient (Wildman–Crippen LogP) is -4.54. The summed E-state index contributed by atoms with van der Waals surface area (Å²) in [5, 5.41) is 0. The van der Waals surface area contributed by atoms with Crippen molar-refractivity contribution >= 4 is 11.4 Å². The van der Waals surface area contributed by atoms with E-state index in [1.807, 2.05) is 0 Å². The quantitative estimate of drug-likeness (QED) is 0.252. The van der Waals surface area contributed by atoms with Gasteiger partial charge >= 0.3 is 29.6 Å². The Labute approximate surface area is 66.3 Å². The fourth-order valence-corrected chi connectivity index (χ4v) is 0. The maximum atomic E-state index is 8.44. The zero-order chi connectivity index (χ0) is 3.58. The molecule has 0 heterocycles. The van der Waals surface area contributed by atoms with Crippen LogP contribution in [0.15, 0.2) is 0 Å². The Morgan fingerprint density at radius 3 is 1.33 bits per heavy atom. The third-order valence-electron chi connectivity index (χ3n) is 0. The van der Waals surface area contributed by atoms with Crippen molar-refractivity contribution in [3.63, 3.8) is 0 Å². The molecule has 0 spiro atoms. The van der Waals surface area contributed by atoms with Gasteiger partial charge in [0.2, 0.25) is 0 Å². The molecule has 0 saturated carbocycles. The second-order valence-corrected chi connectivity index (χ2v) is 0.612. The molecule has 0 amide bonds. The van der Waals surface area contributed by atoms with Crippen LogP contribution in [-0.4, -0.2) is 13.3 Å². The molecule has 0 aromatic heterocycles. The van der Waals surface area contributed by atoms with E-state index in [4.69, 9.17) is 13.3 Å². The van der Waals surface area contributed by atoms with Gasteiger partial charge in [0.15, 0.2) is 0 Å². The molecule has 6 heteroatoms. The van der Waals surface area contributed by atoms with Crippen molar-refractivity contribution in [1.82, 2.24) is 0 Å². The molecular weight excluding hydrogens is 139 g/mol. The smallest absolute Gasteiger partial charge is 0.784 e. The normalized spacial score (nSPS) is 5.83. The van der Waals surface area contributed by atoms with Gasteiger partial charge < -0.3 is 9.11 Å². The maximum Gasteiger partial charge on any atom is 1.00 e. The second kappa shape index (κ2) is 9.61. The van der Waals surface area contributed by atoms with Crippen molar-refractivity contribution in [3.8, 4) is 0 Å². The van der Waals surface area contributed by atoms with Crippen molar-refractivity contribution < 1.29 is 55.3 Å². The first kappa shape index (κ1) is 15.7. The molecule has 0 aliphatic heterocycles. The molecule has 0 rings (SSSR count). The van der Waals surface area contributed by atoms with Gasteiger partial charge in [0.05, 0.1) is 12.4 Å². The molecule has 3 nitrogen and oxygen atoms in total. The molecule has 0 aliphatic rings. The van der Waals surface area contributed by atoms with E-state index in [9.17, 15) is 0 Å². The first-order valence-electron chi connectivity index (χ1n) is 0.500. The first-order valence-corrected chi connectivity index (χ1v) is 1.50. The zero-order valence-corrected chi connectivity index (χ0v) is 6.79. The summed E-state index contributed by atoms with van der Waals surface area (Å²) in [7, 11) is 0. The van der Waals surface area contributed by atoms with E-state index in [0.29, 0.717) is 0 Å². The van der Waals surface area contributed by atoms with E-state index in [0.717, 1.165) is 0 Å². The minimum atomic E-state index is -3.11. The SMILES string of the molecule is O=S([O-])[O-].[ClH2+].[Na+]. The van der Waals surface area contributed by atoms with Crippen LogP contribution >= 0.6 is 0 Å². The summed E-state index contributed by atoms with van der Waals surface area (Å²) < 4.78 is 25.3. The van der Waals surface area contributed by atoms with Crippen LogP contribution in [0.4, 0.5) is 0 Å². The molecule has 0 bridgehead atoms. The van der Waals surface area contributed by atoms with E-state index in [1.165, 1.54) is 0 Å². The van der Waals surface area contributed by atoms with Crippen molar-refractivity contribution in [2.45, 2.75) is 0 Å². The van der Waals surface area contributed by atoms with Gasteiger partial charge in [-0.05, 0) is 0 Å². The molecule has 0 unspecified atom stereocenters. The van der Waals surface area contributed by atoms with Crippen LogP contribution in [0.5, 0.6) is 0 Å². The third-order valence-corrected chi connectivity index (χ3v) is 0. The van der Waals surface area contributed by atoms with Crippen LogP contribution in [0.25, 0.3) is 0 Å². The molecule has 0 radical (unpaired) electrons. The van der Waals surface area contributed by atoms with Crippen LogP contribution in [0.1, 0.15) is 0 Å². The van der Waals surface area contributed by atoms with E-state index >= 15 is 0 Å². The van der Waals surface area contributed by atoms with Crippen LogP contribution in [0, 0.1) is 12.4 Å². The number of halogens is 1. The van der Waals surface area contributed by atoms with Crippen molar-refractivity contribution in [3.05, 3.63) is 0 Å². The largest absolute Gasteiger partial charge is 1.00 e. The fraction of sp³-hybridized carbons (Fsp3) is 0. The Morgan fingerprint density at radius 2 is 1.33 bits per heavy atom. The summed E-state index contributed by atoms with van der Waals surface area (Å²) in [5.41, 5.74) is 0. The van der Waals surface area contributed by atoms with Gasteiger partial charge in [-0.1, -0.05) is 0 Å². The third kappa shape index (κ3) is 55.1. The molecule has 34 valence electrons. The molecule has 0 N–H and O–H groups in total. The number of rotatable bonds is 0. The Kier molecular flexibility index (Phi) is 25.1. The summed E-state index contributed by atoms with van der Waals surface area (Å²) in [6.07, 6.45) is 0. The number of hydrogen-bond donors (Lipinski definition) is 0. The molecule has 6 heavy (non-hydrogen) atoms. The average molecular weight is 141 g/mol. The van der Waals surface area contributed by atoms with Crippen molar-refractivity contribution in [2.75, 3.05) is 0 Å². The summed E-state index contributed by atoms with van der Waals surface area (Å²) in [4.78, 5) is 0. The summed E-state index contributed by atoms with van der Waals surface area (Å²) in [6.45, 7) is 0. The molecule has 0 aromatic rings. The summed E-state index contributed by atoms with van der Waals surface area (Å²) >= 11 is -3.11. The predicted molar refractivity (Wildman–Crippen MR) is 12.5 cm³/mol. The van der Waals surface area contributed by atoms with Crippen LogP contribution in [0.2, 0.25) is 0 Å². The van der Waals surface area contributed by atoms with Gasteiger partial charge in [-0.3, -0.25) is 4.21 Å². The van der Waals surface area contributed by atoms with Gasteiger partial charge in [0.1, 0.15) is 0 Å². The standard InChI is InChI=1S/ClH2.Na.H2O3S/c;;1-4(2)3/h1H2;;(H2,1,2,3)/q2*+1;/p-2. The van der Waals surface area contributed by atoms with Crippen molar-refractivity contribution in [2.24, 2.45) is 0 Å². The average Bonchev–Trinajstić information content (AvgIpc) is 0.811. The summed E-state index contributed by atoms with van der Waals surface area (Å²) in [5.74, 6) is 0. The van der Waals surface area contributed by atoms with E-state index in [1.54, 1.807) is 0 Å². The van der Waals surface area contributed by atoms with Crippen LogP contribution in [-0.2, 0) is 11.4 Å². The topological polar surface area (TPSA) is 63.2 Å². The van der Waals surface area contributed by atoms with Gasteiger partial charge in [0, 0.05) is 0 Å². The zero-order valence-electron chi connectivity index (χ0n) is 3.08. The minimum absolute atomic E-state index is 0. The molecule has 0 aliphatic carbocycles. The summed E-state index contributed by atoms with van der Waals surface area (Å²) in [6, 6.07) is 0. The maximum absolute atomic E-state index is 8.44. The molecule has 0 atom stereocenters. The molecular formula is H2ClNaO3S. The van der Waals surface area contributed by atoms with Gasteiger partial charge in [-0.25, -0.2) is 0 Å². The van der Waals surface area contributed by atoms with Crippen LogP contribution in [0.3, 0.4) is 0 Å². The molecule has 0 aromatic carbocycles. The van der Waals surface area contributed by atoms with Gasteiger partial charge in [-0.2, -0.15) is 0 Å². The van der Waals surface area contributed by atoms with E-state index < -0.39 is 11.4 Å². The Morgan fingerprint density at radius 1 is 1.33 bits per heavy atom. The molecule has 0 fully saturated rings.